The van der Waals surface area contributed by atoms with Crippen LogP contribution in [0.25, 0.3) is 0 Å². The molecule has 0 atom stereocenters. The summed E-state index contributed by atoms with van der Waals surface area (Å²) in [5, 5.41) is 0. The van der Waals surface area contributed by atoms with Gasteiger partial charge in [-0.1, -0.05) is 6.08 Å². The van der Waals surface area contributed by atoms with Crippen LogP contribution in [0.5, 0.6) is 0 Å². The first-order valence-corrected chi connectivity index (χ1v) is 8.03. The molecule has 1 rings (SSSR count). The van der Waals surface area contributed by atoms with Gasteiger partial charge < -0.3 is 19.1 Å². The van der Waals surface area contributed by atoms with Crippen molar-refractivity contribution < 1.29 is 23.8 Å². The minimum atomic E-state index is -0.550. The molecule has 0 aromatic heterocycles. The Hall–Kier alpha value is -1.56. The van der Waals surface area contributed by atoms with Crippen molar-refractivity contribution >= 4 is 12.1 Å². The molecule has 132 valence electrons. The Bertz CT molecular complexity index is 419. The minimum absolute atomic E-state index is 0.0959. The van der Waals surface area contributed by atoms with Gasteiger partial charge >= 0.3 is 12.1 Å². The van der Waals surface area contributed by atoms with Gasteiger partial charge in [-0.05, 0) is 46.5 Å². The van der Waals surface area contributed by atoms with Crippen LogP contribution in [0.2, 0.25) is 0 Å². The Morgan fingerprint density at radius 3 is 2.22 bits per heavy atom. The number of amides is 1. The molecule has 1 amide bonds. The third-order valence-corrected chi connectivity index (χ3v) is 3.80. The van der Waals surface area contributed by atoms with Crippen LogP contribution in [0.4, 0.5) is 4.79 Å². The van der Waals surface area contributed by atoms with E-state index in [2.05, 4.69) is 4.74 Å². The van der Waals surface area contributed by atoms with Crippen LogP contribution in [-0.4, -0.2) is 55.5 Å². The molecule has 0 N–H and O–H groups in total. The van der Waals surface area contributed by atoms with Crippen molar-refractivity contribution in [1.82, 2.24) is 4.90 Å². The largest absolute Gasteiger partial charge is 0.466 e. The molecule has 1 fully saturated rings. The normalized spacial score (nSPS) is 22.0. The standard InChI is InChI=1S/C17H29NO5/c1-17(2,3)23-16(20)18(12-6-7-15(19)22-5)13-8-10-14(21-4)11-9-13/h6-7,13-14H,8-12H2,1-5H3. The third-order valence-electron chi connectivity index (χ3n) is 3.80. The fourth-order valence-electron chi connectivity index (χ4n) is 2.62. The third kappa shape index (κ3) is 7.03. The van der Waals surface area contributed by atoms with E-state index >= 15 is 0 Å². The van der Waals surface area contributed by atoms with Crippen LogP contribution >= 0.6 is 0 Å². The van der Waals surface area contributed by atoms with Crippen molar-refractivity contribution in [3.63, 3.8) is 0 Å². The van der Waals surface area contributed by atoms with Gasteiger partial charge in [-0.3, -0.25) is 0 Å². The zero-order chi connectivity index (χ0) is 17.5. The maximum Gasteiger partial charge on any atom is 0.410 e. The van der Waals surface area contributed by atoms with Crippen molar-refractivity contribution in [3.05, 3.63) is 12.2 Å². The highest BCUT2D eigenvalue weighted by molar-refractivity contribution is 5.81. The second-order valence-corrected chi connectivity index (χ2v) is 6.72. The zero-order valence-electron chi connectivity index (χ0n) is 14.8. The predicted octanol–water partition coefficient (Wildman–Crippen LogP) is 2.91. The lowest BCUT2D eigenvalue weighted by Gasteiger charge is -2.36. The lowest BCUT2D eigenvalue weighted by molar-refractivity contribution is -0.134. The first-order chi connectivity index (χ1) is 10.8. The second-order valence-electron chi connectivity index (χ2n) is 6.72. The highest BCUT2D eigenvalue weighted by atomic mass is 16.6. The van der Waals surface area contributed by atoms with E-state index < -0.39 is 11.6 Å². The lowest BCUT2D eigenvalue weighted by Crippen LogP contribution is -2.45. The Morgan fingerprint density at radius 1 is 1.13 bits per heavy atom. The van der Waals surface area contributed by atoms with E-state index in [1.807, 2.05) is 20.8 Å². The highest BCUT2D eigenvalue weighted by Crippen LogP contribution is 2.26. The van der Waals surface area contributed by atoms with Crippen molar-refractivity contribution in [2.75, 3.05) is 20.8 Å². The van der Waals surface area contributed by atoms with Gasteiger partial charge in [-0.15, -0.1) is 0 Å². The number of ether oxygens (including phenoxy) is 3. The van der Waals surface area contributed by atoms with Gasteiger partial charge in [0, 0.05) is 25.8 Å². The molecule has 6 heteroatoms. The number of esters is 1. The fraction of sp³-hybridized carbons (Fsp3) is 0.765. The topological polar surface area (TPSA) is 65.1 Å². The van der Waals surface area contributed by atoms with Gasteiger partial charge in [0.1, 0.15) is 5.60 Å². The molecule has 0 bridgehead atoms. The first kappa shape index (κ1) is 19.5. The van der Waals surface area contributed by atoms with Crippen molar-refractivity contribution in [2.45, 2.75) is 64.2 Å². The average Bonchev–Trinajstić information content (AvgIpc) is 2.49. The molecule has 0 aliphatic heterocycles. The number of rotatable bonds is 5. The summed E-state index contributed by atoms with van der Waals surface area (Å²) < 4.78 is 15.4. The van der Waals surface area contributed by atoms with E-state index in [0.29, 0.717) is 6.54 Å². The lowest BCUT2D eigenvalue weighted by atomic mass is 9.92. The van der Waals surface area contributed by atoms with Crippen LogP contribution in [0.15, 0.2) is 12.2 Å². The van der Waals surface area contributed by atoms with Crippen LogP contribution in [0.3, 0.4) is 0 Å². The van der Waals surface area contributed by atoms with E-state index in [0.717, 1.165) is 25.7 Å². The van der Waals surface area contributed by atoms with E-state index in [9.17, 15) is 9.59 Å². The van der Waals surface area contributed by atoms with Crippen molar-refractivity contribution in [2.24, 2.45) is 0 Å². The Kier molecular flexibility index (Phi) is 7.55. The molecular formula is C17H29NO5. The summed E-state index contributed by atoms with van der Waals surface area (Å²) in [7, 11) is 3.04. The van der Waals surface area contributed by atoms with E-state index in [1.54, 1.807) is 18.1 Å². The fourth-order valence-corrected chi connectivity index (χ4v) is 2.62. The van der Waals surface area contributed by atoms with Crippen molar-refractivity contribution in [3.8, 4) is 0 Å². The summed E-state index contributed by atoms with van der Waals surface area (Å²) in [5.74, 6) is -0.433. The van der Waals surface area contributed by atoms with Crippen LogP contribution < -0.4 is 0 Å². The summed E-state index contributed by atoms with van der Waals surface area (Å²) in [6.45, 7) is 5.85. The number of methoxy groups -OCH3 is 2. The molecule has 1 saturated carbocycles. The average molecular weight is 327 g/mol. The number of hydrogen-bond acceptors (Lipinski definition) is 5. The van der Waals surface area contributed by atoms with Gasteiger partial charge in [0.25, 0.3) is 0 Å². The van der Waals surface area contributed by atoms with Gasteiger partial charge in [0.2, 0.25) is 0 Å². The first-order valence-electron chi connectivity index (χ1n) is 8.03. The molecule has 1 aliphatic rings. The molecule has 0 heterocycles. The Balaban J connectivity index is 2.73. The SMILES string of the molecule is COC(=O)C=CCN(C(=O)OC(C)(C)C)C1CCC(OC)CC1. The molecule has 0 radical (unpaired) electrons. The van der Waals surface area contributed by atoms with Gasteiger partial charge in [0.05, 0.1) is 13.2 Å². The van der Waals surface area contributed by atoms with Crippen LogP contribution in [0.1, 0.15) is 46.5 Å². The predicted molar refractivity (Wildman–Crippen MR) is 87.1 cm³/mol. The van der Waals surface area contributed by atoms with Crippen LogP contribution in [-0.2, 0) is 19.0 Å². The maximum absolute atomic E-state index is 12.5. The number of carbonyl (C=O) groups excluding carboxylic acids is 2. The van der Waals surface area contributed by atoms with Gasteiger partial charge in [-0.2, -0.15) is 0 Å². The number of hydrogen-bond donors (Lipinski definition) is 0. The van der Waals surface area contributed by atoms with E-state index in [-0.39, 0.29) is 18.2 Å². The molecule has 0 aromatic rings. The molecule has 0 saturated heterocycles. The highest BCUT2D eigenvalue weighted by Gasteiger charge is 2.31. The second kappa shape index (κ2) is 8.91. The van der Waals surface area contributed by atoms with Gasteiger partial charge in [-0.25, -0.2) is 9.59 Å². The summed E-state index contributed by atoms with van der Waals surface area (Å²) in [5.41, 5.74) is -0.550. The smallest absolute Gasteiger partial charge is 0.410 e. The van der Waals surface area contributed by atoms with Crippen LogP contribution in [0, 0.1) is 0 Å². The summed E-state index contributed by atoms with van der Waals surface area (Å²) in [4.78, 5) is 25.4. The van der Waals surface area contributed by atoms with E-state index in [1.165, 1.54) is 13.2 Å². The molecule has 1 aliphatic carbocycles. The summed E-state index contributed by atoms with van der Waals surface area (Å²) in [6, 6.07) is 0.0959. The molecule has 6 nitrogen and oxygen atoms in total. The number of carbonyl (C=O) groups is 2. The molecule has 23 heavy (non-hydrogen) atoms. The van der Waals surface area contributed by atoms with Gasteiger partial charge in [0.15, 0.2) is 0 Å². The molecule has 0 spiro atoms. The quantitative estimate of drug-likeness (QED) is 0.574. The molecule has 0 aromatic carbocycles. The minimum Gasteiger partial charge on any atom is -0.466 e. The maximum atomic E-state index is 12.5. The van der Waals surface area contributed by atoms with Crippen molar-refractivity contribution in [1.29, 1.82) is 0 Å². The molecule has 0 unspecified atom stereocenters. The van der Waals surface area contributed by atoms with E-state index in [4.69, 9.17) is 9.47 Å². The Morgan fingerprint density at radius 2 is 1.74 bits per heavy atom. The summed E-state index contributed by atoms with van der Waals surface area (Å²) >= 11 is 0. The zero-order valence-corrected chi connectivity index (χ0v) is 14.8. The number of nitrogens with zero attached hydrogens (tertiary/aromatic N) is 1. The monoisotopic (exact) mass is 327 g/mol. The summed E-state index contributed by atoms with van der Waals surface area (Å²) in [6.07, 6.45) is 6.44. The Labute approximate surface area is 138 Å². The molecular weight excluding hydrogens is 298 g/mol.